The zero-order valence-corrected chi connectivity index (χ0v) is 12.8. The summed E-state index contributed by atoms with van der Waals surface area (Å²) in [7, 11) is 4.35. The predicted octanol–water partition coefficient (Wildman–Crippen LogP) is 0.143. The van der Waals surface area contributed by atoms with Gasteiger partial charge in [0.2, 0.25) is 0 Å². The van der Waals surface area contributed by atoms with Crippen LogP contribution in [0.5, 0.6) is 0 Å². The van der Waals surface area contributed by atoms with Crippen LogP contribution < -0.4 is 10.9 Å². The van der Waals surface area contributed by atoms with E-state index < -0.39 is 11.5 Å². The molecule has 0 saturated carbocycles. The van der Waals surface area contributed by atoms with Crippen molar-refractivity contribution in [2.24, 2.45) is 0 Å². The standard InChI is InChI=1S/C12H18ClN3O5/c1-19-7-8(20-2)4-14-9-5-15-16(6-10(17)21-3)12(18)11(9)13/h5,8,14H,4,6-7H2,1-3H3. The second-order valence-electron chi connectivity index (χ2n) is 4.11. The van der Waals surface area contributed by atoms with Gasteiger partial charge in [0.15, 0.2) is 0 Å². The summed E-state index contributed by atoms with van der Waals surface area (Å²) in [5, 5.41) is 6.76. The third-order valence-electron chi connectivity index (χ3n) is 2.70. The van der Waals surface area contributed by atoms with E-state index in [4.69, 9.17) is 21.1 Å². The average molecular weight is 320 g/mol. The number of aromatic nitrogens is 2. The number of carbonyl (C=O) groups is 1. The van der Waals surface area contributed by atoms with Gasteiger partial charge in [-0.1, -0.05) is 11.6 Å². The van der Waals surface area contributed by atoms with Gasteiger partial charge in [0.05, 0.1) is 31.7 Å². The first-order valence-corrected chi connectivity index (χ1v) is 6.49. The molecule has 1 heterocycles. The fourth-order valence-electron chi connectivity index (χ4n) is 1.51. The summed E-state index contributed by atoms with van der Waals surface area (Å²) >= 11 is 5.97. The fraction of sp³-hybridized carbons (Fsp3) is 0.583. The van der Waals surface area contributed by atoms with E-state index in [1.165, 1.54) is 13.3 Å². The van der Waals surface area contributed by atoms with Crippen LogP contribution in [0.4, 0.5) is 5.69 Å². The number of hydrogen-bond acceptors (Lipinski definition) is 7. The minimum atomic E-state index is -0.582. The van der Waals surface area contributed by atoms with Crippen LogP contribution in [-0.4, -0.2) is 56.3 Å². The zero-order chi connectivity index (χ0) is 15.8. The van der Waals surface area contributed by atoms with Gasteiger partial charge in [0, 0.05) is 20.8 Å². The lowest BCUT2D eigenvalue weighted by Gasteiger charge is -2.16. The first-order chi connectivity index (χ1) is 10.0. The molecule has 8 nitrogen and oxygen atoms in total. The van der Waals surface area contributed by atoms with Crippen LogP contribution in [0.2, 0.25) is 5.02 Å². The molecule has 1 atom stereocenters. The number of nitrogens with one attached hydrogen (secondary N) is 1. The molecule has 0 radical (unpaired) electrons. The highest BCUT2D eigenvalue weighted by Crippen LogP contribution is 2.15. The zero-order valence-electron chi connectivity index (χ0n) is 12.1. The van der Waals surface area contributed by atoms with E-state index in [9.17, 15) is 9.59 Å². The second kappa shape index (κ2) is 8.60. The van der Waals surface area contributed by atoms with Gasteiger partial charge in [-0.25, -0.2) is 4.68 Å². The highest BCUT2D eigenvalue weighted by molar-refractivity contribution is 6.32. The number of carbonyl (C=O) groups excluding carboxylic acids is 1. The third kappa shape index (κ3) is 5.00. The molecule has 9 heteroatoms. The van der Waals surface area contributed by atoms with Gasteiger partial charge in [-0.3, -0.25) is 9.59 Å². The Bertz CT molecular complexity index is 534. The summed E-state index contributed by atoms with van der Waals surface area (Å²) in [5.41, 5.74) is -0.214. The molecule has 1 rings (SSSR count). The Kier molecular flexibility index (Phi) is 7.13. The molecule has 1 N–H and O–H groups in total. The molecule has 0 aliphatic heterocycles. The molecule has 0 aliphatic rings. The molecule has 0 aliphatic carbocycles. The summed E-state index contributed by atoms with van der Waals surface area (Å²) in [6, 6.07) is 0. The van der Waals surface area contributed by atoms with Gasteiger partial charge < -0.3 is 19.5 Å². The second-order valence-corrected chi connectivity index (χ2v) is 4.48. The summed E-state index contributed by atoms with van der Waals surface area (Å²) < 4.78 is 15.6. The Morgan fingerprint density at radius 1 is 1.48 bits per heavy atom. The highest BCUT2D eigenvalue weighted by Gasteiger charge is 2.13. The SMILES string of the molecule is COCC(CNc1cnn(CC(=O)OC)c(=O)c1Cl)OC. The molecule has 21 heavy (non-hydrogen) atoms. The van der Waals surface area contributed by atoms with Crippen molar-refractivity contribution in [2.45, 2.75) is 12.6 Å². The molecular formula is C12H18ClN3O5. The number of ether oxygens (including phenoxy) is 3. The molecule has 0 bridgehead atoms. The van der Waals surface area contributed by atoms with Crippen LogP contribution in [0.3, 0.4) is 0 Å². The average Bonchev–Trinajstić information content (AvgIpc) is 2.49. The normalized spacial score (nSPS) is 12.0. The van der Waals surface area contributed by atoms with Crippen LogP contribution in [0.25, 0.3) is 0 Å². The van der Waals surface area contributed by atoms with E-state index in [2.05, 4.69) is 15.2 Å². The van der Waals surface area contributed by atoms with E-state index in [0.717, 1.165) is 4.68 Å². The van der Waals surface area contributed by atoms with Crippen LogP contribution in [-0.2, 0) is 25.5 Å². The Morgan fingerprint density at radius 3 is 2.76 bits per heavy atom. The maximum Gasteiger partial charge on any atom is 0.327 e. The van der Waals surface area contributed by atoms with E-state index >= 15 is 0 Å². The van der Waals surface area contributed by atoms with Crippen molar-refractivity contribution in [3.05, 3.63) is 21.6 Å². The van der Waals surface area contributed by atoms with E-state index in [0.29, 0.717) is 18.8 Å². The van der Waals surface area contributed by atoms with Gasteiger partial charge in [0.25, 0.3) is 5.56 Å². The first-order valence-electron chi connectivity index (χ1n) is 6.11. The lowest BCUT2D eigenvalue weighted by Crippen LogP contribution is -2.30. The van der Waals surface area contributed by atoms with Gasteiger partial charge in [-0.05, 0) is 0 Å². The molecule has 118 valence electrons. The summed E-state index contributed by atoms with van der Waals surface area (Å²) in [6.45, 7) is 0.500. The summed E-state index contributed by atoms with van der Waals surface area (Å²) in [6.07, 6.45) is 1.18. The Balaban J connectivity index is 2.79. The lowest BCUT2D eigenvalue weighted by atomic mass is 10.3. The van der Waals surface area contributed by atoms with Crippen molar-refractivity contribution < 1.29 is 19.0 Å². The first kappa shape index (κ1) is 17.4. The van der Waals surface area contributed by atoms with Crippen molar-refractivity contribution in [1.29, 1.82) is 0 Å². The lowest BCUT2D eigenvalue weighted by molar-refractivity contribution is -0.141. The van der Waals surface area contributed by atoms with Crippen LogP contribution in [0.1, 0.15) is 0 Å². The van der Waals surface area contributed by atoms with Gasteiger partial charge >= 0.3 is 5.97 Å². The number of esters is 1. The maximum atomic E-state index is 11.9. The number of hydrogen-bond donors (Lipinski definition) is 1. The Hall–Kier alpha value is -1.64. The van der Waals surface area contributed by atoms with Crippen LogP contribution in [0.15, 0.2) is 11.0 Å². The van der Waals surface area contributed by atoms with Crippen molar-refractivity contribution in [1.82, 2.24) is 9.78 Å². The molecule has 0 spiro atoms. The van der Waals surface area contributed by atoms with Crippen LogP contribution >= 0.6 is 11.6 Å². The Morgan fingerprint density at radius 2 is 2.19 bits per heavy atom. The molecular weight excluding hydrogens is 302 g/mol. The van der Waals surface area contributed by atoms with Gasteiger partial charge in [-0.2, -0.15) is 5.10 Å². The van der Waals surface area contributed by atoms with Gasteiger partial charge in [0.1, 0.15) is 11.6 Å². The van der Waals surface area contributed by atoms with E-state index in [1.807, 2.05) is 0 Å². The number of rotatable bonds is 8. The van der Waals surface area contributed by atoms with Gasteiger partial charge in [-0.15, -0.1) is 0 Å². The molecule has 1 unspecified atom stereocenters. The Labute approximate surface area is 126 Å². The largest absolute Gasteiger partial charge is 0.468 e. The smallest absolute Gasteiger partial charge is 0.327 e. The number of anilines is 1. The highest BCUT2D eigenvalue weighted by atomic mass is 35.5. The van der Waals surface area contributed by atoms with E-state index in [-0.39, 0.29) is 17.7 Å². The van der Waals surface area contributed by atoms with Crippen molar-refractivity contribution >= 4 is 23.3 Å². The third-order valence-corrected chi connectivity index (χ3v) is 3.06. The molecule has 0 saturated heterocycles. The monoisotopic (exact) mass is 319 g/mol. The molecule has 1 aromatic rings. The fourth-order valence-corrected chi connectivity index (χ4v) is 1.72. The summed E-state index contributed by atoms with van der Waals surface area (Å²) in [4.78, 5) is 23.1. The molecule has 1 aromatic heterocycles. The minimum absolute atomic E-state index is 0.0545. The summed E-state index contributed by atoms with van der Waals surface area (Å²) in [5.74, 6) is -0.582. The van der Waals surface area contributed by atoms with Crippen molar-refractivity contribution in [3.63, 3.8) is 0 Å². The molecule has 0 fully saturated rings. The van der Waals surface area contributed by atoms with Crippen LogP contribution in [0, 0.1) is 0 Å². The van der Waals surface area contributed by atoms with Crippen molar-refractivity contribution in [2.75, 3.05) is 39.8 Å². The van der Waals surface area contributed by atoms with E-state index in [1.54, 1.807) is 14.2 Å². The maximum absolute atomic E-state index is 11.9. The number of nitrogens with zero attached hydrogens (tertiary/aromatic N) is 2. The van der Waals surface area contributed by atoms with Crippen molar-refractivity contribution in [3.8, 4) is 0 Å². The quantitative estimate of drug-likeness (QED) is 0.681. The molecule has 0 amide bonds. The number of halogens is 1. The minimum Gasteiger partial charge on any atom is -0.468 e. The molecule has 0 aromatic carbocycles. The topological polar surface area (TPSA) is 91.7 Å². The number of methoxy groups -OCH3 is 3. The predicted molar refractivity (Wildman–Crippen MR) is 76.7 cm³/mol.